The van der Waals surface area contributed by atoms with Gasteiger partial charge < -0.3 is 86.5 Å². The standard InChI is InChI=1S/C64H84N8O16/c1-7-8-9-28-88-46-24-20-40(21-25-46)38-12-10-37(11-13-38)39-14-16-42(17-15-39)58(81)65-47-30-49(77)52(43-26-27-72(5,6)33-43)68-62(85)54-55(78)34(2)31-71(54)64(87)51(36(4)74)67-61(84)53(57(80)56(79)41-18-22-44(75)23-19-41)69-60(83)48-29-45(76)32-70(48)63(86)50(35(3)73)66-59(47)82/h10-25,34-36,43,45,47-57,73-74,76-80H,7-9,26-33H2,1-6H3,(H5-,65,66,67,68,69,75,81,82,83,84,85)/p+1/t34-,35+,36+,43-,45+,47-,48-,49+,50-,51-,52?,53-,54-,55-,56-,57-/m0/s1. The summed E-state index contributed by atoms with van der Waals surface area (Å²) in [5, 5.41) is 104. The Labute approximate surface area is 511 Å². The number of rotatable bonds is 15. The highest BCUT2D eigenvalue weighted by atomic mass is 16.5. The lowest BCUT2D eigenvalue weighted by molar-refractivity contribution is -0.879. The molecule has 0 spiro atoms. The number of hydrogen-bond donors (Lipinski definition) is 13. The number of carbonyl (C=O) groups excluding carboxylic acids is 7. The summed E-state index contributed by atoms with van der Waals surface area (Å²) in [5.41, 5.74) is 3.58. The van der Waals surface area contributed by atoms with E-state index in [0.717, 1.165) is 64.0 Å². The zero-order valence-electron chi connectivity index (χ0n) is 50.4. The summed E-state index contributed by atoms with van der Waals surface area (Å²) in [6.45, 7) is 6.79. The van der Waals surface area contributed by atoms with E-state index in [2.05, 4.69) is 33.5 Å². The molecular weight excluding hydrogens is 1140 g/mol. The Balaban J connectivity index is 1.13. The number of unbranched alkanes of at least 4 members (excludes halogenated alkanes) is 2. The molecule has 0 aliphatic carbocycles. The van der Waals surface area contributed by atoms with Gasteiger partial charge in [-0.1, -0.05) is 87.4 Å². The summed E-state index contributed by atoms with van der Waals surface area (Å²) in [6, 6.07) is 14.6. The first-order valence-electron chi connectivity index (χ1n) is 30.2. The van der Waals surface area contributed by atoms with Crippen LogP contribution in [0.1, 0.15) is 88.2 Å². The highest BCUT2D eigenvalue weighted by molar-refractivity contribution is 6.00. The number of aromatic hydroxyl groups is 1. The van der Waals surface area contributed by atoms with Crippen LogP contribution in [0.4, 0.5) is 0 Å². The zero-order valence-corrected chi connectivity index (χ0v) is 50.4. The lowest BCUT2D eigenvalue weighted by Crippen LogP contribution is -2.64. The summed E-state index contributed by atoms with van der Waals surface area (Å²) in [7, 11) is 3.88. The molecule has 0 radical (unpaired) electrons. The third kappa shape index (κ3) is 15.6. The zero-order chi connectivity index (χ0) is 63.9. The maximum Gasteiger partial charge on any atom is 0.251 e. The van der Waals surface area contributed by atoms with Crippen LogP contribution in [0.2, 0.25) is 0 Å². The van der Waals surface area contributed by atoms with Crippen LogP contribution < -0.4 is 31.3 Å². The number of ether oxygens (including phenoxy) is 1. The maximum absolute atomic E-state index is 14.9. The highest BCUT2D eigenvalue weighted by Crippen LogP contribution is 2.32. The molecule has 7 amide bonds. The number of carbonyl (C=O) groups is 7. The van der Waals surface area contributed by atoms with Gasteiger partial charge >= 0.3 is 0 Å². The van der Waals surface area contributed by atoms with E-state index in [1.165, 1.54) is 43.3 Å². The van der Waals surface area contributed by atoms with Gasteiger partial charge in [-0.15, -0.1) is 0 Å². The van der Waals surface area contributed by atoms with Gasteiger partial charge in [0.1, 0.15) is 60.0 Å². The van der Waals surface area contributed by atoms with Gasteiger partial charge in [0, 0.05) is 49.8 Å². The van der Waals surface area contributed by atoms with E-state index in [-0.39, 0.29) is 23.4 Å². The lowest BCUT2D eigenvalue weighted by atomic mass is 9.89. The number of likely N-dealkylation sites (tertiary alicyclic amines) is 1. The number of fused-ring (bicyclic) bond motifs is 2. The third-order valence-electron chi connectivity index (χ3n) is 17.4. The van der Waals surface area contributed by atoms with Crippen molar-refractivity contribution in [3.63, 3.8) is 0 Å². The van der Waals surface area contributed by atoms with Crippen molar-refractivity contribution in [2.24, 2.45) is 11.8 Å². The highest BCUT2D eigenvalue weighted by Gasteiger charge is 2.51. The summed E-state index contributed by atoms with van der Waals surface area (Å²) in [4.78, 5) is 105. The molecule has 16 atom stereocenters. The normalized spacial score (nSPS) is 28.8. The molecule has 8 rings (SSSR count). The van der Waals surface area contributed by atoms with E-state index in [1.54, 1.807) is 19.1 Å². The molecular formula is C64H85N8O16+. The first kappa shape index (κ1) is 66.4. The minimum absolute atomic E-state index is 0.0502. The van der Waals surface area contributed by atoms with Gasteiger partial charge in [0.15, 0.2) is 0 Å². The number of amides is 7. The van der Waals surface area contributed by atoms with Crippen LogP contribution in [0.3, 0.4) is 0 Å². The third-order valence-corrected chi connectivity index (χ3v) is 17.4. The van der Waals surface area contributed by atoms with Crippen molar-refractivity contribution in [2.75, 3.05) is 46.9 Å². The number of phenolic OH excluding ortho intramolecular Hbond substituents is 1. The molecule has 88 heavy (non-hydrogen) atoms. The van der Waals surface area contributed by atoms with Crippen molar-refractivity contribution in [1.29, 1.82) is 0 Å². The Morgan fingerprint density at radius 2 is 1.22 bits per heavy atom. The average Bonchev–Trinajstić information content (AvgIpc) is 2.79. The SMILES string of the molecule is CCCCCOc1ccc(-c2ccc(-c3ccc(C(=O)N[C@H]4C[C@@H](O)C([C@H]5CC[N+](C)(C)C5)NC(=O)[C@@H]5[C@@H](O)[C@@H](C)CN5C(=O)[C@H]([C@@H](C)O)NC(=O)[C@H]([C@H](O)[C@@H](O)c5ccc(O)cc5)NC(=O)[C@@H]5C[C@@H](O)CN5C(=O)[C@H]([C@@H](C)O)NC4=O)cc3)cc2)cc1. The first-order chi connectivity index (χ1) is 41.7. The van der Waals surface area contributed by atoms with Crippen LogP contribution in [0.15, 0.2) is 97.1 Å². The van der Waals surface area contributed by atoms with Crippen molar-refractivity contribution in [1.82, 2.24) is 36.4 Å². The van der Waals surface area contributed by atoms with Crippen molar-refractivity contribution < 1.29 is 83.6 Å². The fourth-order valence-corrected chi connectivity index (χ4v) is 12.3. The molecule has 0 bridgehead atoms. The predicted octanol–water partition coefficient (Wildman–Crippen LogP) is 0.219. The van der Waals surface area contributed by atoms with E-state index < -0.39 is 158 Å². The van der Waals surface area contributed by atoms with Crippen molar-refractivity contribution in [2.45, 2.75) is 151 Å². The van der Waals surface area contributed by atoms with Gasteiger partial charge in [0.25, 0.3) is 5.91 Å². The van der Waals surface area contributed by atoms with Crippen LogP contribution in [0.25, 0.3) is 22.3 Å². The number of benzene rings is 4. The van der Waals surface area contributed by atoms with Gasteiger partial charge in [-0.05, 0) is 84.5 Å². The Kier molecular flexibility index (Phi) is 21.7. The van der Waals surface area contributed by atoms with Crippen LogP contribution in [0, 0.1) is 11.8 Å². The van der Waals surface area contributed by atoms with Crippen molar-refractivity contribution in [3.8, 4) is 33.8 Å². The number of phenols is 1. The Bertz CT molecular complexity index is 3090. The van der Waals surface area contributed by atoms with Crippen molar-refractivity contribution >= 4 is 41.4 Å². The molecule has 13 N–H and O–H groups in total. The molecule has 24 nitrogen and oxygen atoms in total. The van der Waals surface area contributed by atoms with Gasteiger partial charge in [0.2, 0.25) is 35.4 Å². The fourth-order valence-electron chi connectivity index (χ4n) is 12.3. The fraction of sp³-hybridized carbons (Fsp3) is 0.516. The van der Waals surface area contributed by atoms with E-state index in [0.29, 0.717) is 30.6 Å². The van der Waals surface area contributed by atoms with E-state index in [9.17, 15) is 74.4 Å². The van der Waals surface area contributed by atoms with Crippen LogP contribution >= 0.6 is 0 Å². The monoisotopic (exact) mass is 1220 g/mol. The quantitative estimate of drug-likeness (QED) is 0.0559. The minimum Gasteiger partial charge on any atom is -0.508 e. The molecule has 1 unspecified atom stereocenters. The summed E-state index contributed by atoms with van der Waals surface area (Å²) in [5.74, 6) is -8.32. The lowest BCUT2D eigenvalue weighted by Gasteiger charge is -2.35. The first-order valence-corrected chi connectivity index (χ1v) is 30.2. The molecule has 4 aliphatic heterocycles. The van der Waals surface area contributed by atoms with Crippen LogP contribution in [0.5, 0.6) is 11.5 Å². The molecule has 24 heteroatoms. The molecule has 0 aromatic heterocycles. The summed E-state index contributed by atoms with van der Waals surface area (Å²) in [6.07, 6.45) is -9.87. The predicted molar refractivity (Wildman–Crippen MR) is 321 cm³/mol. The van der Waals surface area contributed by atoms with Crippen LogP contribution in [-0.2, 0) is 28.8 Å². The number of nitrogens with one attached hydrogen (secondary N) is 5. The minimum atomic E-state index is -2.27. The Morgan fingerprint density at radius 1 is 0.670 bits per heavy atom. The molecule has 476 valence electrons. The largest absolute Gasteiger partial charge is 0.508 e. The number of nitrogens with zero attached hydrogens (tertiary/aromatic N) is 3. The van der Waals surface area contributed by atoms with Gasteiger partial charge in [0.05, 0.1) is 70.4 Å². The van der Waals surface area contributed by atoms with Gasteiger partial charge in [-0.2, -0.15) is 0 Å². The smallest absolute Gasteiger partial charge is 0.251 e. The van der Waals surface area contributed by atoms with Gasteiger partial charge in [-0.3, -0.25) is 33.6 Å². The summed E-state index contributed by atoms with van der Waals surface area (Å²) >= 11 is 0. The second kappa shape index (κ2) is 28.7. The summed E-state index contributed by atoms with van der Waals surface area (Å²) < 4.78 is 6.32. The molecule has 4 saturated heterocycles. The second-order valence-corrected chi connectivity index (χ2v) is 24.8. The van der Waals surface area contributed by atoms with E-state index in [4.69, 9.17) is 4.74 Å². The number of aliphatic hydroxyl groups excluding tert-OH is 7. The number of hydrogen-bond acceptors (Lipinski definition) is 16. The Hall–Kier alpha value is -7.55. The topological polar surface area (TPSA) is 357 Å². The molecule has 4 aromatic rings. The van der Waals surface area contributed by atoms with E-state index >= 15 is 0 Å². The van der Waals surface area contributed by atoms with Crippen molar-refractivity contribution in [3.05, 3.63) is 108 Å². The average molecular weight is 1220 g/mol. The van der Waals surface area contributed by atoms with E-state index in [1.807, 2.05) is 62.6 Å². The molecule has 0 saturated carbocycles. The Morgan fingerprint density at radius 3 is 1.77 bits per heavy atom. The number of aliphatic hydroxyl groups is 7. The molecule has 4 aromatic carbocycles. The second-order valence-electron chi connectivity index (χ2n) is 24.8. The van der Waals surface area contributed by atoms with Crippen LogP contribution in [-0.4, -0.2) is 222 Å². The maximum atomic E-state index is 14.9. The molecule has 4 fully saturated rings. The molecule has 4 aliphatic rings. The van der Waals surface area contributed by atoms with Gasteiger partial charge in [-0.25, -0.2) is 0 Å². The number of quaternary nitrogens is 1. The molecule has 4 heterocycles.